The van der Waals surface area contributed by atoms with Crippen LogP contribution in [0.5, 0.6) is 11.5 Å². The maximum atomic E-state index is 12.6. The molecular formula is C21H25ClN2O4. The molecular weight excluding hydrogens is 380 g/mol. The number of benzene rings is 2. The number of carbonyl (C=O) groups excluding carboxylic acids is 1. The summed E-state index contributed by atoms with van der Waals surface area (Å²) < 4.78 is 15.9. The summed E-state index contributed by atoms with van der Waals surface area (Å²) in [5, 5.41) is 3.45. The van der Waals surface area contributed by atoms with E-state index in [2.05, 4.69) is 10.2 Å². The molecule has 0 aliphatic carbocycles. The highest BCUT2D eigenvalue weighted by molar-refractivity contribution is 6.32. The van der Waals surface area contributed by atoms with Crippen LogP contribution in [-0.2, 0) is 4.74 Å². The minimum Gasteiger partial charge on any atom is -0.497 e. The van der Waals surface area contributed by atoms with Gasteiger partial charge in [0, 0.05) is 25.2 Å². The van der Waals surface area contributed by atoms with Crippen LogP contribution in [0.4, 0.5) is 0 Å². The zero-order valence-electron chi connectivity index (χ0n) is 16.1. The van der Waals surface area contributed by atoms with Crippen molar-refractivity contribution in [2.75, 3.05) is 47.1 Å². The summed E-state index contributed by atoms with van der Waals surface area (Å²) in [5.74, 6) is 1.18. The molecule has 1 heterocycles. The smallest absolute Gasteiger partial charge is 0.251 e. The molecule has 2 aromatic carbocycles. The number of morpholine rings is 1. The third kappa shape index (κ3) is 4.95. The van der Waals surface area contributed by atoms with Crippen molar-refractivity contribution in [3.63, 3.8) is 0 Å². The molecule has 0 spiro atoms. The topological polar surface area (TPSA) is 60.0 Å². The fourth-order valence-electron chi connectivity index (χ4n) is 3.27. The summed E-state index contributed by atoms with van der Waals surface area (Å²) in [4.78, 5) is 15.0. The largest absolute Gasteiger partial charge is 0.497 e. The molecule has 28 heavy (non-hydrogen) atoms. The van der Waals surface area contributed by atoms with Crippen molar-refractivity contribution in [2.24, 2.45) is 0 Å². The van der Waals surface area contributed by atoms with E-state index in [1.807, 2.05) is 24.3 Å². The van der Waals surface area contributed by atoms with Gasteiger partial charge in [-0.25, -0.2) is 0 Å². The Kier molecular flexibility index (Phi) is 7.14. The van der Waals surface area contributed by atoms with E-state index in [4.69, 9.17) is 25.8 Å². The molecule has 1 aliphatic rings. The highest BCUT2D eigenvalue weighted by Crippen LogP contribution is 2.26. The first-order valence-electron chi connectivity index (χ1n) is 9.20. The molecule has 0 radical (unpaired) electrons. The van der Waals surface area contributed by atoms with Gasteiger partial charge in [0.2, 0.25) is 0 Å². The Morgan fingerprint density at radius 1 is 1.14 bits per heavy atom. The SMILES string of the molecule is COc1ccc([C@H](CNC(=O)c2ccc(OC)c(Cl)c2)N2CCOCC2)cc1. The van der Waals surface area contributed by atoms with E-state index in [1.54, 1.807) is 32.4 Å². The standard InChI is InChI=1S/C21H25ClN2O4/c1-26-17-6-3-15(4-7-17)19(24-9-11-28-12-10-24)14-23-21(25)16-5-8-20(27-2)18(22)13-16/h3-8,13,19H,9-12,14H2,1-2H3,(H,23,25)/t19-/m0/s1. The normalized spacial score (nSPS) is 15.7. The number of ether oxygens (including phenoxy) is 3. The van der Waals surface area contributed by atoms with Gasteiger partial charge in [0.05, 0.1) is 38.5 Å². The van der Waals surface area contributed by atoms with E-state index >= 15 is 0 Å². The molecule has 1 atom stereocenters. The summed E-state index contributed by atoms with van der Waals surface area (Å²) in [7, 11) is 3.19. The van der Waals surface area contributed by atoms with Gasteiger partial charge in [0.15, 0.2) is 0 Å². The molecule has 1 saturated heterocycles. The highest BCUT2D eigenvalue weighted by Gasteiger charge is 2.23. The second-order valence-electron chi connectivity index (χ2n) is 6.50. The zero-order chi connectivity index (χ0) is 19.9. The molecule has 0 saturated carbocycles. The van der Waals surface area contributed by atoms with E-state index in [9.17, 15) is 4.79 Å². The van der Waals surface area contributed by atoms with Crippen LogP contribution in [0.15, 0.2) is 42.5 Å². The van der Waals surface area contributed by atoms with Crippen LogP contribution in [0.2, 0.25) is 5.02 Å². The second kappa shape index (κ2) is 9.78. The quantitative estimate of drug-likeness (QED) is 0.768. The lowest BCUT2D eigenvalue weighted by molar-refractivity contribution is 0.0162. The molecule has 6 nitrogen and oxygen atoms in total. The summed E-state index contributed by atoms with van der Waals surface area (Å²) in [6.07, 6.45) is 0. The lowest BCUT2D eigenvalue weighted by Crippen LogP contribution is -2.43. The van der Waals surface area contributed by atoms with E-state index in [0.717, 1.165) is 24.4 Å². The Labute approximate surface area is 170 Å². The van der Waals surface area contributed by atoms with Crippen molar-refractivity contribution in [2.45, 2.75) is 6.04 Å². The average Bonchev–Trinajstić information content (AvgIpc) is 2.75. The lowest BCUT2D eigenvalue weighted by Gasteiger charge is -2.35. The number of rotatable bonds is 7. The molecule has 0 unspecified atom stereocenters. The van der Waals surface area contributed by atoms with Crippen LogP contribution in [0, 0.1) is 0 Å². The van der Waals surface area contributed by atoms with Crippen LogP contribution in [0.25, 0.3) is 0 Å². The third-order valence-corrected chi connectivity index (χ3v) is 5.15. The van der Waals surface area contributed by atoms with Crippen molar-refractivity contribution in [3.8, 4) is 11.5 Å². The van der Waals surface area contributed by atoms with Gasteiger partial charge in [-0.15, -0.1) is 0 Å². The second-order valence-corrected chi connectivity index (χ2v) is 6.90. The molecule has 1 N–H and O–H groups in total. The predicted octanol–water partition coefficient (Wildman–Crippen LogP) is 3.16. The number of halogens is 1. The number of hydrogen-bond acceptors (Lipinski definition) is 5. The molecule has 1 aliphatic heterocycles. The Bertz CT molecular complexity index is 791. The van der Waals surface area contributed by atoms with Gasteiger partial charge in [-0.2, -0.15) is 0 Å². The van der Waals surface area contributed by atoms with Crippen LogP contribution in [0.3, 0.4) is 0 Å². The monoisotopic (exact) mass is 404 g/mol. The van der Waals surface area contributed by atoms with Gasteiger partial charge < -0.3 is 19.5 Å². The summed E-state index contributed by atoms with van der Waals surface area (Å²) in [6.45, 7) is 3.50. The van der Waals surface area contributed by atoms with Gasteiger partial charge >= 0.3 is 0 Å². The van der Waals surface area contributed by atoms with Crippen LogP contribution >= 0.6 is 11.6 Å². The first-order chi connectivity index (χ1) is 13.6. The van der Waals surface area contributed by atoms with Crippen LogP contribution < -0.4 is 14.8 Å². The van der Waals surface area contributed by atoms with Crippen molar-refractivity contribution in [1.82, 2.24) is 10.2 Å². The molecule has 2 aromatic rings. The van der Waals surface area contributed by atoms with Crippen molar-refractivity contribution >= 4 is 17.5 Å². The number of amides is 1. The molecule has 3 rings (SSSR count). The maximum Gasteiger partial charge on any atom is 0.251 e. The number of nitrogens with zero attached hydrogens (tertiary/aromatic N) is 1. The number of hydrogen-bond donors (Lipinski definition) is 1. The van der Waals surface area contributed by atoms with Crippen molar-refractivity contribution in [3.05, 3.63) is 58.6 Å². The Balaban J connectivity index is 1.73. The number of nitrogens with one attached hydrogen (secondary N) is 1. The zero-order valence-corrected chi connectivity index (χ0v) is 16.9. The van der Waals surface area contributed by atoms with Gasteiger partial charge in [-0.1, -0.05) is 23.7 Å². The van der Waals surface area contributed by atoms with Crippen molar-refractivity contribution < 1.29 is 19.0 Å². The molecule has 0 aromatic heterocycles. The third-order valence-electron chi connectivity index (χ3n) is 4.86. The summed E-state index contributed by atoms with van der Waals surface area (Å²) >= 11 is 6.14. The molecule has 7 heteroatoms. The van der Waals surface area contributed by atoms with Crippen molar-refractivity contribution in [1.29, 1.82) is 0 Å². The highest BCUT2D eigenvalue weighted by atomic mass is 35.5. The Hall–Kier alpha value is -2.28. The van der Waals surface area contributed by atoms with E-state index in [-0.39, 0.29) is 11.9 Å². The van der Waals surface area contributed by atoms with Gasteiger partial charge in [-0.3, -0.25) is 9.69 Å². The minimum absolute atomic E-state index is 0.0486. The maximum absolute atomic E-state index is 12.6. The molecule has 1 amide bonds. The summed E-state index contributed by atoms with van der Waals surface area (Å²) in [6, 6.07) is 13.0. The molecule has 1 fully saturated rings. The first kappa shape index (κ1) is 20.5. The first-order valence-corrected chi connectivity index (χ1v) is 9.57. The number of methoxy groups -OCH3 is 2. The molecule has 0 bridgehead atoms. The van der Waals surface area contributed by atoms with Gasteiger partial charge in [0.25, 0.3) is 5.91 Å². The van der Waals surface area contributed by atoms with E-state index in [0.29, 0.717) is 36.1 Å². The van der Waals surface area contributed by atoms with Crippen LogP contribution in [0.1, 0.15) is 22.0 Å². The predicted molar refractivity (Wildman–Crippen MR) is 108 cm³/mol. The molecule has 150 valence electrons. The van der Waals surface area contributed by atoms with Crippen LogP contribution in [-0.4, -0.2) is 57.9 Å². The summed E-state index contributed by atoms with van der Waals surface area (Å²) in [5.41, 5.74) is 1.62. The fourth-order valence-corrected chi connectivity index (χ4v) is 3.53. The van der Waals surface area contributed by atoms with Gasteiger partial charge in [0.1, 0.15) is 11.5 Å². The van der Waals surface area contributed by atoms with E-state index < -0.39 is 0 Å². The minimum atomic E-state index is -0.170. The Morgan fingerprint density at radius 3 is 2.46 bits per heavy atom. The van der Waals surface area contributed by atoms with E-state index in [1.165, 1.54) is 0 Å². The van der Waals surface area contributed by atoms with Gasteiger partial charge in [-0.05, 0) is 35.9 Å². The lowest BCUT2D eigenvalue weighted by atomic mass is 10.0. The number of carbonyl (C=O) groups is 1. The Morgan fingerprint density at radius 2 is 1.86 bits per heavy atom. The fraction of sp³-hybridized carbons (Fsp3) is 0.381. The average molecular weight is 405 g/mol.